The number of rotatable bonds is 6. The Balaban J connectivity index is 2.24. The number of sulfonamides is 1. The lowest BCUT2D eigenvalue weighted by Crippen LogP contribution is -2.18. The molecule has 21 heavy (non-hydrogen) atoms. The predicted molar refractivity (Wildman–Crippen MR) is 80.1 cm³/mol. The first-order valence-corrected chi connectivity index (χ1v) is 7.69. The highest BCUT2D eigenvalue weighted by atomic mass is 32.2. The number of hydrazine groups is 1. The summed E-state index contributed by atoms with van der Waals surface area (Å²) in [5.74, 6) is 5.29. The number of pyridine rings is 1. The van der Waals surface area contributed by atoms with Crippen LogP contribution in [-0.2, 0) is 16.4 Å². The van der Waals surface area contributed by atoms with Gasteiger partial charge in [0.2, 0.25) is 5.03 Å². The molecule has 0 radical (unpaired) electrons. The minimum Gasteiger partial charge on any atom is -0.396 e. The van der Waals surface area contributed by atoms with E-state index in [2.05, 4.69) is 15.1 Å². The number of hydrogen-bond donors (Lipinski definition) is 4. The molecular formula is C13H16N4O3S. The molecule has 0 aliphatic carbocycles. The van der Waals surface area contributed by atoms with Crippen LogP contribution in [0.5, 0.6) is 0 Å². The van der Waals surface area contributed by atoms with Gasteiger partial charge in [-0.05, 0) is 36.2 Å². The van der Waals surface area contributed by atoms with Gasteiger partial charge in [-0.15, -0.1) is 0 Å². The molecule has 112 valence electrons. The van der Waals surface area contributed by atoms with E-state index in [1.807, 2.05) is 0 Å². The van der Waals surface area contributed by atoms with E-state index in [1.165, 1.54) is 12.3 Å². The number of nitrogens with two attached hydrogens (primary N) is 1. The Labute approximate surface area is 122 Å². The topological polar surface area (TPSA) is 117 Å². The van der Waals surface area contributed by atoms with Gasteiger partial charge in [0, 0.05) is 18.5 Å². The number of nitrogens with one attached hydrogen (secondary N) is 2. The predicted octanol–water partition coefficient (Wildman–Crippen LogP) is 0.703. The van der Waals surface area contributed by atoms with E-state index in [-0.39, 0.29) is 17.3 Å². The summed E-state index contributed by atoms with van der Waals surface area (Å²) in [6.07, 6.45) is 1.90. The Morgan fingerprint density at radius 1 is 1.19 bits per heavy atom. The molecular weight excluding hydrogens is 292 g/mol. The summed E-state index contributed by atoms with van der Waals surface area (Å²) in [5, 5.41) is 8.67. The first-order chi connectivity index (χ1) is 10.1. The third-order valence-corrected chi connectivity index (χ3v) is 4.13. The minimum atomic E-state index is -3.83. The van der Waals surface area contributed by atoms with Gasteiger partial charge in [0.15, 0.2) is 0 Å². The number of aliphatic hydroxyl groups excluding tert-OH is 1. The highest BCUT2D eigenvalue weighted by Gasteiger charge is 2.19. The van der Waals surface area contributed by atoms with Crippen molar-refractivity contribution in [3.8, 4) is 0 Å². The maximum absolute atomic E-state index is 12.3. The van der Waals surface area contributed by atoms with Crippen molar-refractivity contribution in [3.63, 3.8) is 0 Å². The molecule has 0 spiro atoms. The Bertz CT molecular complexity index is 702. The summed E-state index contributed by atoms with van der Waals surface area (Å²) in [4.78, 5) is 3.84. The van der Waals surface area contributed by atoms with Gasteiger partial charge in [0.05, 0.1) is 5.69 Å². The summed E-state index contributed by atoms with van der Waals surface area (Å²) >= 11 is 0. The molecule has 0 fully saturated rings. The van der Waals surface area contributed by atoms with Gasteiger partial charge in [0.25, 0.3) is 10.0 Å². The van der Waals surface area contributed by atoms with Crippen molar-refractivity contribution >= 4 is 21.4 Å². The molecule has 0 atom stereocenters. The average Bonchev–Trinajstić information content (AvgIpc) is 2.49. The fourth-order valence-corrected chi connectivity index (χ4v) is 2.95. The quantitative estimate of drug-likeness (QED) is 0.461. The van der Waals surface area contributed by atoms with Crippen LogP contribution < -0.4 is 16.0 Å². The third kappa shape index (κ3) is 3.69. The summed E-state index contributed by atoms with van der Waals surface area (Å²) in [6.45, 7) is 0.0462. The zero-order valence-corrected chi connectivity index (χ0v) is 12.0. The van der Waals surface area contributed by atoms with Crippen LogP contribution >= 0.6 is 0 Å². The molecule has 0 bridgehead atoms. The first kappa shape index (κ1) is 15.2. The fourth-order valence-electron chi connectivity index (χ4n) is 1.79. The van der Waals surface area contributed by atoms with E-state index in [0.717, 1.165) is 5.56 Å². The van der Waals surface area contributed by atoms with Crippen molar-refractivity contribution in [3.05, 3.63) is 48.2 Å². The zero-order chi connectivity index (χ0) is 15.3. The van der Waals surface area contributed by atoms with Crippen LogP contribution in [0.1, 0.15) is 5.56 Å². The molecule has 0 aliphatic heterocycles. The number of hydrogen-bond acceptors (Lipinski definition) is 6. The lowest BCUT2D eigenvalue weighted by molar-refractivity contribution is 0.299. The number of aromatic nitrogens is 1. The first-order valence-electron chi connectivity index (χ1n) is 6.21. The molecule has 5 N–H and O–H groups in total. The van der Waals surface area contributed by atoms with E-state index in [1.54, 1.807) is 30.3 Å². The van der Waals surface area contributed by atoms with Gasteiger partial charge in [-0.3, -0.25) is 10.6 Å². The average molecular weight is 308 g/mol. The molecule has 1 aromatic heterocycles. The summed E-state index contributed by atoms with van der Waals surface area (Å²) in [5.41, 5.74) is 3.84. The van der Waals surface area contributed by atoms with Crippen LogP contribution in [0.25, 0.3) is 0 Å². The maximum atomic E-state index is 12.3. The molecule has 7 nitrogen and oxygen atoms in total. The second-order valence-corrected chi connectivity index (χ2v) is 5.87. The molecule has 0 saturated heterocycles. The van der Waals surface area contributed by atoms with Crippen molar-refractivity contribution in [2.45, 2.75) is 11.4 Å². The molecule has 0 aliphatic rings. The van der Waals surface area contributed by atoms with E-state index in [9.17, 15) is 8.42 Å². The van der Waals surface area contributed by atoms with Gasteiger partial charge in [0.1, 0.15) is 0 Å². The van der Waals surface area contributed by atoms with Crippen LogP contribution in [0.15, 0.2) is 47.6 Å². The van der Waals surface area contributed by atoms with Crippen LogP contribution in [-0.4, -0.2) is 25.1 Å². The number of anilines is 2. The second-order valence-electron chi connectivity index (χ2n) is 4.28. The van der Waals surface area contributed by atoms with Crippen molar-refractivity contribution in [1.82, 2.24) is 4.98 Å². The van der Waals surface area contributed by atoms with Crippen molar-refractivity contribution in [2.75, 3.05) is 16.8 Å². The van der Waals surface area contributed by atoms with Crippen molar-refractivity contribution in [1.29, 1.82) is 0 Å². The van der Waals surface area contributed by atoms with Crippen LogP contribution in [0.2, 0.25) is 0 Å². The van der Waals surface area contributed by atoms with Crippen LogP contribution in [0.3, 0.4) is 0 Å². The Morgan fingerprint density at radius 2 is 1.90 bits per heavy atom. The normalized spacial score (nSPS) is 11.1. The largest absolute Gasteiger partial charge is 0.396 e. The Hall–Kier alpha value is -2.16. The highest BCUT2D eigenvalue weighted by molar-refractivity contribution is 7.92. The summed E-state index contributed by atoms with van der Waals surface area (Å²) in [6, 6.07) is 9.84. The van der Waals surface area contributed by atoms with Gasteiger partial charge in [-0.1, -0.05) is 12.1 Å². The number of nitrogens with zero attached hydrogens (tertiary/aromatic N) is 1. The third-order valence-electron chi connectivity index (χ3n) is 2.79. The standard InChI is InChI=1S/C13H16N4O3S/c14-16-12-2-1-8-15-13(12)21(19,20)17-11-5-3-10(4-6-11)7-9-18/h1-6,8,16-18H,7,9,14H2. The smallest absolute Gasteiger partial charge is 0.281 e. The van der Waals surface area contributed by atoms with Crippen LogP contribution in [0, 0.1) is 0 Å². The molecule has 0 amide bonds. The molecule has 1 aromatic carbocycles. The SMILES string of the molecule is NNc1cccnc1S(=O)(=O)Nc1ccc(CCO)cc1. The zero-order valence-electron chi connectivity index (χ0n) is 11.2. The monoisotopic (exact) mass is 308 g/mol. The number of aliphatic hydroxyl groups is 1. The highest BCUT2D eigenvalue weighted by Crippen LogP contribution is 2.20. The lowest BCUT2D eigenvalue weighted by atomic mass is 10.1. The van der Waals surface area contributed by atoms with Crippen LogP contribution in [0.4, 0.5) is 11.4 Å². The van der Waals surface area contributed by atoms with Gasteiger partial charge in [-0.2, -0.15) is 8.42 Å². The van der Waals surface area contributed by atoms with E-state index >= 15 is 0 Å². The molecule has 1 heterocycles. The summed E-state index contributed by atoms with van der Waals surface area (Å²) in [7, 11) is -3.83. The summed E-state index contributed by atoms with van der Waals surface area (Å²) < 4.78 is 27.0. The van der Waals surface area contributed by atoms with E-state index in [4.69, 9.17) is 10.9 Å². The fraction of sp³-hybridized carbons (Fsp3) is 0.154. The van der Waals surface area contributed by atoms with Gasteiger partial charge in [-0.25, -0.2) is 4.98 Å². The second kappa shape index (κ2) is 6.53. The van der Waals surface area contributed by atoms with Gasteiger partial charge < -0.3 is 10.5 Å². The van der Waals surface area contributed by atoms with E-state index < -0.39 is 10.0 Å². The van der Waals surface area contributed by atoms with Crippen molar-refractivity contribution in [2.24, 2.45) is 5.84 Å². The number of benzene rings is 1. The van der Waals surface area contributed by atoms with E-state index in [0.29, 0.717) is 12.1 Å². The molecule has 2 rings (SSSR count). The molecule has 0 saturated carbocycles. The number of nitrogen functional groups attached to an aromatic ring is 1. The van der Waals surface area contributed by atoms with Crippen molar-refractivity contribution < 1.29 is 13.5 Å². The lowest BCUT2D eigenvalue weighted by Gasteiger charge is -2.11. The molecule has 0 unspecified atom stereocenters. The Kier molecular flexibility index (Phi) is 4.73. The van der Waals surface area contributed by atoms with Gasteiger partial charge >= 0.3 is 0 Å². The molecule has 2 aromatic rings. The maximum Gasteiger partial charge on any atom is 0.281 e. The minimum absolute atomic E-state index is 0.0462. The Morgan fingerprint density at radius 3 is 2.52 bits per heavy atom. The molecule has 8 heteroatoms.